The lowest BCUT2D eigenvalue weighted by Crippen LogP contribution is -2.41. The van der Waals surface area contributed by atoms with Crippen LogP contribution in [-0.2, 0) is 4.74 Å². The zero-order valence-corrected chi connectivity index (χ0v) is 8.96. The Bertz CT molecular complexity index is 527. The van der Waals surface area contributed by atoms with Crippen molar-refractivity contribution in [2.45, 2.75) is 12.5 Å². The van der Waals surface area contributed by atoms with Crippen LogP contribution in [0.5, 0.6) is 0 Å². The number of para-hydroxylation sites is 1. The van der Waals surface area contributed by atoms with Gasteiger partial charge in [0.25, 0.3) is 0 Å². The number of amides is 1. The molecule has 1 fully saturated rings. The molecule has 1 aliphatic heterocycles. The number of nitriles is 2. The van der Waals surface area contributed by atoms with Crippen LogP contribution in [0.4, 0.5) is 10.5 Å². The van der Waals surface area contributed by atoms with Gasteiger partial charge in [-0.1, -0.05) is 12.1 Å². The Morgan fingerprint density at radius 2 is 2.12 bits per heavy atom. The van der Waals surface area contributed by atoms with E-state index in [1.165, 1.54) is 4.90 Å². The van der Waals surface area contributed by atoms with Crippen molar-refractivity contribution in [2.24, 2.45) is 0 Å². The average molecular weight is 227 g/mol. The molecule has 1 aromatic rings. The van der Waals surface area contributed by atoms with E-state index in [-0.39, 0.29) is 0 Å². The highest BCUT2D eigenvalue weighted by molar-refractivity contribution is 5.90. The first-order chi connectivity index (χ1) is 8.26. The van der Waals surface area contributed by atoms with E-state index >= 15 is 0 Å². The van der Waals surface area contributed by atoms with Gasteiger partial charge in [0.2, 0.25) is 0 Å². The molecule has 0 N–H and O–H groups in total. The minimum atomic E-state index is -0.687. The molecule has 0 aromatic heterocycles. The van der Waals surface area contributed by atoms with Gasteiger partial charge in [-0.15, -0.1) is 0 Å². The Labute approximate surface area is 98.4 Å². The molecule has 1 amide bonds. The Morgan fingerprint density at radius 1 is 1.35 bits per heavy atom. The van der Waals surface area contributed by atoms with Crippen LogP contribution in [0, 0.1) is 22.7 Å². The van der Waals surface area contributed by atoms with Gasteiger partial charge in [-0.25, -0.2) is 4.79 Å². The summed E-state index contributed by atoms with van der Waals surface area (Å²) in [6.45, 7) is 0.385. The van der Waals surface area contributed by atoms with E-state index < -0.39 is 12.2 Å². The van der Waals surface area contributed by atoms with E-state index in [0.717, 1.165) is 0 Å². The highest BCUT2D eigenvalue weighted by Crippen LogP contribution is 2.24. The second-order valence-corrected chi connectivity index (χ2v) is 3.57. The number of hydrogen-bond donors (Lipinski definition) is 0. The van der Waals surface area contributed by atoms with Crippen LogP contribution in [0.2, 0.25) is 0 Å². The van der Waals surface area contributed by atoms with Crippen LogP contribution in [-0.4, -0.2) is 18.7 Å². The molecule has 0 aliphatic carbocycles. The van der Waals surface area contributed by atoms with Crippen molar-refractivity contribution < 1.29 is 9.53 Å². The Hall–Kier alpha value is -2.53. The summed E-state index contributed by atoms with van der Waals surface area (Å²) in [6.07, 6.45) is -0.819. The van der Waals surface area contributed by atoms with Crippen LogP contribution in [0.15, 0.2) is 24.3 Å². The molecular weight excluding hydrogens is 218 g/mol. The van der Waals surface area contributed by atoms with Crippen molar-refractivity contribution in [2.75, 3.05) is 11.4 Å². The highest BCUT2D eigenvalue weighted by Gasteiger charge is 2.29. The Kier molecular flexibility index (Phi) is 2.93. The van der Waals surface area contributed by atoms with Crippen molar-refractivity contribution in [3.63, 3.8) is 0 Å². The maximum Gasteiger partial charge on any atom is 0.415 e. The van der Waals surface area contributed by atoms with Crippen LogP contribution in [0.3, 0.4) is 0 Å². The number of cyclic esters (lactones) is 1. The maximum atomic E-state index is 11.7. The number of nitrogens with zero attached hydrogens (tertiary/aromatic N) is 3. The molecule has 1 saturated heterocycles. The van der Waals surface area contributed by atoms with E-state index in [4.69, 9.17) is 15.3 Å². The first-order valence-electron chi connectivity index (χ1n) is 5.13. The molecule has 5 heteroatoms. The summed E-state index contributed by atoms with van der Waals surface area (Å²) < 4.78 is 4.92. The molecule has 1 unspecified atom stereocenters. The van der Waals surface area contributed by atoms with Crippen molar-refractivity contribution in [1.82, 2.24) is 0 Å². The zero-order valence-electron chi connectivity index (χ0n) is 8.96. The second-order valence-electron chi connectivity index (χ2n) is 3.57. The third-order valence-corrected chi connectivity index (χ3v) is 2.54. The number of hydrogen-bond acceptors (Lipinski definition) is 4. The largest absolute Gasteiger partial charge is 0.430 e. The minimum absolute atomic E-state index is 0.385. The fourth-order valence-corrected chi connectivity index (χ4v) is 1.70. The lowest BCUT2D eigenvalue weighted by Gasteiger charge is -2.29. The molecular formula is C12H9N3O2. The molecule has 1 aliphatic rings. The van der Waals surface area contributed by atoms with Crippen LogP contribution < -0.4 is 4.90 Å². The molecule has 84 valence electrons. The van der Waals surface area contributed by atoms with Gasteiger partial charge in [0.1, 0.15) is 12.1 Å². The first kappa shape index (κ1) is 11.0. The van der Waals surface area contributed by atoms with Crippen molar-refractivity contribution in [1.29, 1.82) is 10.5 Å². The van der Waals surface area contributed by atoms with E-state index in [1.54, 1.807) is 24.3 Å². The van der Waals surface area contributed by atoms with Crippen molar-refractivity contribution >= 4 is 11.8 Å². The number of benzene rings is 1. The molecule has 1 atom stereocenters. The standard InChI is InChI=1S/C12H9N3O2/c13-7-9-3-1-2-4-11(9)15-6-5-10(8-14)17-12(15)16/h1-4,10H,5-6H2. The number of anilines is 1. The molecule has 17 heavy (non-hydrogen) atoms. The van der Waals surface area contributed by atoms with Gasteiger partial charge in [0.05, 0.1) is 11.3 Å². The predicted molar refractivity (Wildman–Crippen MR) is 59.0 cm³/mol. The monoisotopic (exact) mass is 227 g/mol. The van der Waals surface area contributed by atoms with Crippen LogP contribution in [0.1, 0.15) is 12.0 Å². The summed E-state index contributed by atoms with van der Waals surface area (Å²) in [5.41, 5.74) is 0.941. The Balaban J connectivity index is 2.28. The van der Waals surface area contributed by atoms with Gasteiger partial charge < -0.3 is 4.74 Å². The quantitative estimate of drug-likeness (QED) is 0.732. The fourth-order valence-electron chi connectivity index (χ4n) is 1.70. The van der Waals surface area contributed by atoms with Crippen molar-refractivity contribution in [3.8, 4) is 12.1 Å². The molecule has 0 spiro atoms. The molecule has 2 rings (SSSR count). The maximum absolute atomic E-state index is 11.7. The van der Waals surface area contributed by atoms with Gasteiger partial charge in [0, 0.05) is 13.0 Å². The lowest BCUT2D eigenvalue weighted by molar-refractivity contribution is 0.111. The second kappa shape index (κ2) is 4.54. The third kappa shape index (κ3) is 2.04. The van der Waals surface area contributed by atoms with Crippen molar-refractivity contribution in [3.05, 3.63) is 29.8 Å². The van der Waals surface area contributed by atoms with Crippen LogP contribution in [0.25, 0.3) is 0 Å². The van der Waals surface area contributed by atoms with Crippen LogP contribution >= 0.6 is 0 Å². The third-order valence-electron chi connectivity index (χ3n) is 2.54. The summed E-state index contributed by atoms with van der Waals surface area (Å²) >= 11 is 0. The normalized spacial score (nSPS) is 19.1. The molecule has 0 radical (unpaired) electrons. The summed E-state index contributed by atoms with van der Waals surface area (Å²) in [4.78, 5) is 13.1. The topological polar surface area (TPSA) is 77.1 Å². The minimum Gasteiger partial charge on any atom is -0.430 e. The van der Waals surface area contributed by atoms with E-state index in [0.29, 0.717) is 24.2 Å². The molecule has 1 aromatic carbocycles. The number of rotatable bonds is 1. The van der Waals surface area contributed by atoms with Gasteiger partial charge >= 0.3 is 6.09 Å². The highest BCUT2D eigenvalue weighted by atomic mass is 16.6. The fraction of sp³-hybridized carbons (Fsp3) is 0.250. The number of ether oxygens (including phenoxy) is 1. The van der Waals surface area contributed by atoms with Gasteiger partial charge in [0.15, 0.2) is 6.10 Å². The van der Waals surface area contributed by atoms with E-state index in [2.05, 4.69) is 0 Å². The van der Waals surface area contributed by atoms with Gasteiger partial charge in [-0.05, 0) is 12.1 Å². The molecule has 0 saturated carbocycles. The summed E-state index contributed by atoms with van der Waals surface area (Å²) in [7, 11) is 0. The SMILES string of the molecule is N#Cc1ccccc1N1CCC(C#N)OC1=O. The van der Waals surface area contributed by atoms with Gasteiger partial charge in [-0.2, -0.15) is 10.5 Å². The average Bonchev–Trinajstić information content (AvgIpc) is 2.38. The summed E-state index contributed by atoms with van der Waals surface area (Å²) in [5, 5.41) is 17.6. The zero-order chi connectivity index (χ0) is 12.3. The number of carbonyl (C=O) groups excluding carboxylic acids is 1. The van der Waals surface area contributed by atoms with E-state index in [9.17, 15) is 4.79 Å². The molecule has 0 bridgehead atoms. The Morgan fingerprint density at radius 3 is 2.76 bits per heavy atom. The predicted octanol–water partition coefficient (Wildman–Crippen LogP) is 1.80. The summed E-state index contributed by atoms with van der Waals surface area (Å²) in [6, 6.07) is 10.7. The van der Waals surface area contributed by atoms with Gasteiger partial charge in [-0.3, -0.25) is 4.90 Å². The summed E-state index contributed by atoms with van der Waals surface area (Å²) in [5.74, 6) is 0. The molecule has 5 nitrogen and oxygen atoms in total. The first-order valence-corrected chi connectivity index (χ1v) is 5.13. The van der Waals surface area contributed by atoms with E-state index in [1.807, 2.05) is 12.1 Å². The molecule has 1 heterocycles. The number of carbonyl (C=O) groups is 1. The smallest absolute Gasteiger partial charge is 0.415 e. The lowest BCUT2D eigenvalue weighted by atomic mass is 10.1.